The second-order valence-electron chi connectivity index (χ2n) is 2.91. The van der Waals surface area contributed by atoms with E-state index in [1.54, 1.807) is 18.2 Å². The van der Waals surface area contributed by atoms with Crippen LogP contribution in [0.1, 0.15) is 0 Å². The highest BCUT2D eigenvalue weighted by Gasteiger charge is 2.15. The van der Waals surface area contributed by atoms with Gasteiger partial charge in [-0.3, -0.25) is 0 Å². The van der Waals surface area contributed by atoms with Crippen LogP contribution in [0.3, 0.4) is 0 Å². The number of sulfonamides is 1. The lowest BCUT2D eigenvalue weighted by molar-refractivity contribution is 0.588. The highest BCUT2D eigenvalue weighted by Crippen LogP contribution is 2.23. The van der Waals surface area contributed by atoms with Crippen molar-refractivity contribution in [2.24, 2.45) is 10.7 Å². The zero-order chi connectivity index (χ0) is 12.2. The van der Waals surface area contributed by atoms with E-state index >= 15 is 0 Å². The molecule has 1 aromatic rings. The molecule has 0 bridgehead atoms. The summed E-state index contributed by atoms with van der Waals surface area (Å²) in [6.07, 6.45) is 0. The first kappa shape index (κ1) is 13.0. The zero-order valence-corrected chi connectivity index (χ0v) is 10.2. The van der Waals surface area contributed by atoms with Crippen LogP contribution in [0.25, 0.3) is 0 Å². The van der Waals surface area contributed by atoms with Crippen LogP contribution in [0.4, 0.5) is 5.69 Å². The molecule has 0 spiro atoms. The van der Waals surface area contributed by atoms with Crippen molar-refractivity contribution in [2.45, 2.75) is 4.90 Å². The van der Waals surface area contributed by atoms with Gasteiger partial charge in [0.15, 0.2) is 0 Å². The number of rotatable bonds is 4. The summed E-state index contributed by atoms with van der Waals surface area (Å²) in [5.41, 5.74) is 5.73. The number of nitrogens with two attached hydrogens (primary N) is 1. The summed E-state index contributed by atoms with van der Waals surface area (Å²) in [5, 5.41) is 0. The van der Waals surface area contributed by atoms with Gasteiger partial charge in [0.25, 0.3) is 0 Å². The third kappa shape index (κ3) is 2.94. The van der Waals surface area contributed by atoms with Gasteiger partial charge in [0, 0.05) is 0 Å². The molecule has 0 unspecified atom stereocenters. The van der Waals surface area contributed by atoms with E-state index in [0.29, 0.717) is 0 Å². The van der Waals surface area contributed by atoms with Crippen LogP contribution in [-0.4, -0.2) is 27.2 Å². The SMILES string of the molecule is CNS(=O)(=O)c1ccccc1N=C(N)CCl. The second kappa shape index (κ2) is 5.29. The van der Waals surface area contributed by atoms with E-state index in [2.05, 4.69) is 9.71 Å². The van der Waals surface area contributed by atoms with Gasteiger partial charge in [-0.25, -0.2) is 18.1 Å². The van der Waals surface area contributed by atoms with E-state index in [1.807, 2.05) is 0 Å². The number of aliphatic imine (C=N–C) groups is 1. The van der Waals surface area contributed by atoms with Crippen molar-refractivity contribution in [3.8, 4) is 0 Å². The Kier molecular flexibility index (Phi) is 4.28. The van der Waals surface area contributed by atoms with Gasteiger partial charge < -0.3 is 5.73 Å². The molecular formula is C9H12ClN3O2S. The maximum absolute atomic E-state index is 11.6. The van der Waals surface area contributed by atoms with E-state index in [-0.39, 0.29) is 22.3 Å². The van der Waals surface area contributed by atoms with Crippen molar-refractivity contribution in [2.75, 3.05) is 12.9 Å². The van der Waals surface area contributed by atoms with Gasteiger partial charge in [0.1, 0.15) is 10.7 Å². The average molecular weight is 262 g/mol. The predicted molar refractivity (Wildman–Crippen MR) is 64.7 cm³/mol. The van der Waals surface area contributed by atoms with Crippen molar-refractivity contribution in [3.63, 3.8) is 0 Å². The van der Waals surface area contributed by atoms with Crippen LogP contribution in [0.5, 0.6) is 0 Å². The molecule has 7 heteroatoms. The Morgan fingerprint density at radius 2 is 2.12 bits per heavy atom. The van der Waals surface area contributed by atoms with Gasteiger partial charge in [0.2, 0.25) is 10.0 Å². The smallest absolute Gasteiger partial charge is 0.242 e. The molecule has 0 atom stereocenters. The quantitative estimate of drug-likeness (QED) is 0.478. The number of amidine groups is 1. The number of benzene rings is 1. The Labute approximate surface area is 99.4 Å². The van der Waals surface area contributed by atoms with Crippen molar-refractivity contribution >= 4 is 33.1 Å². The third-order valence-electron chi connectivity index (χ3n) is 1.82. The highest BCUT2D eigenvalue weighted by atomic mass is 35.5. The van der Waals surface area contributed by atoms with Gasteiger partial charge in [-0.2, -0.15) is 0 Å². The maximum atomic E-state index is 11.6. The molecule has 88 valence electrons. The van der Waals surface area contributed by atoms with Crippen LogP contribution in [-0.2, 0) is 10.0 Å². The van der Waals surface area contributed by atoms with Crippen molar-refractivity contribution in [1.29, 1.82) is 0 Å². The number of nitrogens with one attached hydrogen (secondary N) is 1. The van der Waals surface area contributed by atoms with E-state index in [0.717, 1.165) is 0 Å². The monoisotopic (exact) mass is 261 g/mol. The number of halogens is 1. The van der Waals surface area contributed by atoms with Crippen molar-refractivity contribution < 1.29 is 8.42 Å². The summed E-state index contributed by atoms with van der Waals surface area (Å²) in [6, 6.07) is 6.30. The molecule has 16 heavy (non-hydrogen) atoms. The van der Waals surface area contributed by atoms with Gasteiger partial charge >= 0.3 is 0 Å². The molecule has 3 N–H and O–H groups in total. The first-order valence-corrected chi connectivity index (χ1v) is 6.44. The lowest BCUT2D eigenvalue weighted by atomic mass is 10.3. The van der Waals surface area contributed by atoms with Crippen LogP contribution in [0.2, 0.25) is 0 Å². The molecule has 0 fully saturated rings. The summed E-state index contributed by atoms with van der Waals surface area (Å²) < 4.78 is 25.5. The molecule has 0 aliphatic carbocycles. The Bertz CT molecular complexity index is 499. The summed E-state index contributed by atoms with van der Waals surface area (Å²) in [6.45, 7) is 0. The summed E-state index contributed by atoms with van der Waals surface area (Å²) in [5.74, 6) is 0.217. The molecule has 1 rings (SSSR count). The van der Waals surface area contributed by atoms with Crippen molar-refractivity contribution in [3.05, 3.63) is 24.3 Å². The maximum Gasteiger partial charge on any atom is 0.242 e. The zero-order valence-electron chi connectivity index (χ0n) is 8.64. The van der Waals surface area contributed by atoms with E-state index in [4.69, 9.17) is 17.3 Å². The molecule has 0 aliphatic heterocycles. The molecule has 0 heterocycles. The molecule has 0 aromatic heterocycles. The van der Waals surface area contributed by atoms with E-state index in [9.17, 15) is 8.42 Å². The topological polar surface area (TPSA) is 84.5 Å². The second-order valence-corrected chi connectivity index (χ2v) is 5.03. The number of hydrogen-bond donors (Lipinski definition) is 2. The number of alkyl halides is 1. The minimum Gasteiger partial charge on any atom is -0.386 e. The Morgan fingerprint density at radius 3 is 2.69 bits per heavy atom. The highest BCUT2D eigenvalue weighted by molar-refractivity contribution is 7.89. The third-order valence-corrected chi connectivity index (χ3v) is 3.56. The standard InChI is InChI=1S/C9H12ClN3O2S/c1-12-16(14,15)8-5-3-2-4-7(8)13-9(11)6-10/h2-5,12H,6H2,1H3,(H2,11,13). The van der Waals surface area contributed by atoms with Gasteiger partial charge in [0.05, 0.1) is 11.6 Å². The molecule has 0 aliphatic rings. The Balaban J connectivity index is 3.32. The minimum atomic E-state index is -3.54. The molecule has 1 aromatic carbocycles. The number of hydrogen-bond acceptors (Lipinski definition) is 3. The van der Waals surface area contributed by atoms with Gasteiger partial charge in [-0.05, 0) is 19.2 Å². The first-order chi connectivity index (χ1) is 7.51. The van der Waals surface area contributed by atoms with Gasteiger partial charge in [-0.15, -0.1) is 11.6 Å². The Hall–Kier alpha value is -1.11. The fraction of sp³-hybridized carbons (Fsp3) is 0.222. The largest absolute Gasteiger partial charge is 0.386 e. The lowest BCUT2D eigenvalue weighted by Crippen LogP contribution is -2.19. The predicted octanol–water partition coefficient (Wildman–Crippen LogP) is 0.822. The summed E-state index contributed by atoms with van der Waals surface area (Å²) >= 11 is 5.48. The van der Waals surface area contributed by atoms with Crippen LogP contribution in [0, 0.1) is 0 Å². The fourth-order valence-electron chi connectivity index (χ4n) is 1.07. The molecule has 0 saturated carbocycles. The van der Waals surface area contributed by atoms with Crippen LogP contribution in [0.15, 0.2) is 34.2 Å². The van der Waals surface area contributed by atoms with E-state index in [1.165, 1.54) is 13.1 Å². The van der Waals surface area contributed by atoms with Gasteiger partial charge in [-0.1, -0.05) is 12.1 Å². The normalized spacial score (nSPS) is 12.8. The fourth-order valence-corrected chi connectivity index (χ4v) is 2.00. The molecular weight excluding hydrogens is 250 g/mol. The summed E-state index contributed by atoms with van der Waals surface area (Å²) in [4.78, 5) is 4.01. The molecule has 0 radical (unpaired) electrons. The lowest BCUT2D eigenvalue weighted by Gasteiger charge is -2.06. The molecule has 5 nitrogen and oxygen atoms in total. The Morgan fingerprint density at radius 1 is 1.50 bits per heavy atom. The van der Waals surface area contributed by atoms with Crippen LogP contribution >= 0.6 is 11.6 Å². The molecule has 0 amide bonds. The average Bonchev–Trinajstić information content (AvgIpc) is 2.29. The minimum absolute atomic E-state index is 0.0495. The summed E-state index contributed by atoms with van der Waals surface area (Å²) in [7, 11) is -2.20. The molecule has 0 saturated heterocycles. The number of para-hydroxylation sites is 1. The van der Waals surface area contributed by atoms with E-state index < -0.39 is 10.0 Å². The van der Waals surface area contributed by atoms with Crippen LogP contribution < -0.4 is 10.5 Å². The van der Waals surface area contributed by atoms with Crippen molar-refractivity contribution in [1.82, 2.24) is 4.72 Å². The number of nitrogens with zero attached hydrogens (tertiary/aromatic N) is 1. The first-order valence-electron chi connectivity index (χ1n) is 4.43.